The fraction of sp³-hybridized carbons (Fsp3) is 0.375. The number of aromatic amines is 1. The predicted octanol–water partition coefficient (Wildman–Crippen LogP) is 4.60. The van der Waals surface area contributed by atoms with Crippen molar-refractivity contribution in [3.05, 3.63) is 63.9 Å². The summed E-state index contributed by atoms with van der Waals surface area (Å²) in [6, 6.07) is 0. The Bertz CT molecular complexity index is 1060. The van der Waals surface area contributed by atoms with Crippen molar-refractivity contribution in [2.75, 3.05) is 26.2 Å². The van der Waals surface area contributed by atoms with E-state index < -0.39 is 23.0 Å². The van der Waals surface area contributed by atoms with Gasteiger partial charge in [0.15, 0.2) is 0 Å². The van der Waals surface area contributed by atoms with Crippen LogP contribution in [0.2, 0.25) is 0 Å². The summed E-state index contributed by atoms with van der Waals surface area (Å²) in [5.74, 6) is -1.45. The van der Waals surface area contributed by atoms with E-state index in [1.165, 1.54) is 12.2 Å². The quantitative estimate of drug-likeness (QED) is 0.326. The summed E-state index contributed by atoms with van der Waals surface area (Å²) >= 11 is 5.74. The fourth-order valence-electron chi connectivity index (χ4n) is 3.66. The molecule has 0 aliphatic carbocycles. The molecule has 178 valence electrons. The molecule has 33 heavy (non-hydrogen) atoms. The molecule has 1 fully saturated rings. The molecule has 1 saturated heterocycles. The molecule has 0 radical (unpaired) electrons. The Kier molecular flexibility index (Phi) is 8.96. The Balaban J connectivity index is 2.45. The predicted molar refractivity (Wildman–Crippen MR) is 129 cm³/mol. The second-order valence-corrected chi connectivity index (χ2v) is 7.95. The van der Waals surface area contributed by atoms with Crippen molar-refractivity contribution in [1.29, 1.82) is 0 Å². The van der Waals surface area contributed by atoms with Crippen molar-refractivity contribution in [3.8, 4) is 0 Å². The number of amides is 3. The van der Waals surface area contributed by atoms with Crippen molar-refractivity contribution < 1.29 is 18.8 Å². The summed E-state index contributed by atoms with van der Waals surface area (Å²) in [7, 11) is 0. The lowest BCUT2D eigenvalue weighted by molar-refractivity contribution is -0.115. The lowest BCUT2D eigenvalue weighted by Crippen LogP contribution is -2.40. The highest BCUT2D eigenvalue weighted by Gasteiger charge is 2.29. The number of nitrogens with zero attached hydrogens (tertiary/aromatic N) is 2. The summed E-state index contributed by atoms with van der Waals surface area (Å²) in [5.41, 5.74) is 2.70. The first-order valence-corrected chi connectivity index (χ1v) is 11.1. The summed E-state index contributed by atoms with van der Waals surface area (Å²) in [4.78, 5) is 43.9. The highest BCUT2D eigenvalue weighted by atomic mass is 35.5. The zero-order valence-corrected chi connectivity index (χ0v) is 20.4. The van der Waals surface area contributed by atoms with Crippen molar-refractivity contribution in [2.45, 2.75) is 34.6 Å². The molecule has 0 saturated carbocycles. The van der Waals surface area contributed by atoms with Gasteiger partial charge in [-0.3, -0.25) is 19.3 Å². The third-order valence-corrected chi connectivity index (χ3v) is 5.86. The van der Waals surface area contributed by atoms with Gasteiger partial charge in [0.1, 0.15) is 5.83 Å². The van der Waals surface area contributed by atoms with E-state index in [4.69, 9.17) is 11.6 Å². The molecule has 7 nitrogen and oxygen atoms in total. The minimum atomic E-state index is -0.856. The molecular weight excluding hydrogens is 447 g/mol. The number of hydrogen-bond acceptors (Lipinski definition) is 4. The molecule has 1 aromatic heterocycles. The largest absolute Gasteiger partial charge is 0.358 e. The lowest BCUT2D eigenvalue weighted by Gasteiger charge is -2.23. The van der Waals surface area contributed by atoms with Gasteiger partial charge >= 0.3 is 5.37 Å². The standard InChI is InChI=1S/C24H30ClFN4O3/c1-7-17(26)12-18-15(5)28-22(31)19(18)13-20-14(4)21(16(6)27-20)23(32)30(24(25)33)11-10-29(8-2)9-3/h7,12-13,27H,5,8-11H2,1-4,6H3,(H,28,31). The minimum Gasteiger partial charge on any atom is -0.358 e. The first-order valence-electron chi connectivity index (χ1n) is 10.7. The molecule has 0 atom stereocenters. The van der Waals surface area contributed by atoms with Gasteiger partial charge in [-0.25, -0.2) is 4.39 Å². The van der Waals surface area contributed by atoms with Gasteiger partial charge in [-0.05, 0) is 63.2 Å². The van der Waals surface area contributed by atoms with E-state index in [1.807, 2.05) is 13.8 Å². The van der Waals surface area contributed by atoms with Crippen molar-refractivity contribution in [3.63, 3.8) is 0 Å². The topological polar surface area (TPSA) is 85.5 Å². The van der Waals surface area contributed by atoms with Crippen molar-refractivity contribution in [2.24, 2.45) is 0 Å². The van der Waals surface area contributed by atoms with Crippen LogP contribution in [0.4, 0.5) is 9.18 Å². The van der Waals surface area contributed by atoms with E-state index in [2.05, 4.69) is 21.8 Å². The Morgan fingerprint density at radius 3 is 2.33 bits per heavy atom. The van der Waals surface area contributed by atoms with Gasteiger partial charge in [0, 0.05) is 35.7 Å². The number of likely N-dealkylation sites (N-methyl/N-ethyl adjacent to an activating group) is 1. The number of allylic oxidation sites excluding steroid dienone is 4. The van der Waals surface area contributed by atoms with Crippen LogP contribution in [0.15, 0.2) is 41.4 Å². The van der Waals surface area contributed by atoms with E-state index >= 15 is 0 Å². The highest BCUT2D eigenvalue weighted by Crippen LogP contribution is 2.30. The highest BCUT2D eigenvalue weighted by molar-refractivity contribution is 6.64. The van der Waals surface area contributed by atoms with Crippen LogP contribution in [-0.4, -0.2) is 58.1 Å². The fourth-order valence-corrected chi connectivity index (χ4v) is 3.82. The Hall–Kier alpha value is -2.97. The molecule has 2 rings (SSSR count). The third-order valence-electron chi connectivity index (χ3n) is 5.65. The zero-order chi connectivity index (χ0) is 24.9. The van der Waals surface area contributed by atoms with E-state index in [0.717, 1.165) is 18.0 Å². The monoisotopic (exact) mass is 476 g/mol. The van der Waals surface area contributed by atoms with Crippen LogP contribution >= 0.6 is 11.6 Å². The molecular formula is C24H30ClFN4O3. The van der Waals surface area contributed by atoms with Gasteiger partial charge in [-0.1, -0.05) is 26.5 Å². The number of carbonyl (C=O) groups is 3. The summed E-state index contributed by atoms with van der Waals surface area (Å²) in [6.45, 7) is 14.9. The lowest BCUT2D eigenvalue weighted by atomic mass is 10.0. The number of rotatable bonds is 8. The first kappa shape index (κ1) is 26.3. The number of carbonyl (C=O) groups excluding carboxylic acids is 3. The van der Waals surface area contributed by atoms with Crippen molar-refractivity contribution in [1.82, 2.24) is 20.1 Å². The maximum absolute atomic E-state index is 13.9. The molecule has 0 aromatic carbocycles. The average Bonchev–Trinajstić information content (AvgIpc) is 3.19. The summed E-state index contributed by atoms with van der Waals surface area (Å²) < 4.78 is 13.9. The zero-order valence-electron chi connectivity index (χ0n) is 19.6. The van der Waals surface area contributed by atoms with Crippen LogP contribution in [-0.2, 0) is 4.79 Å². The number of imide groups is 1. The van der Waals surface area contributed by atoms with E-state index in [1.54, 1.807) is 26.8 Å². The Morgan fingerprint density at radius 2 is 1.79 bits per heavy atom. The number of nitrogens with one attached hydrogen (secondary N) is 2. The molecule has 1 aliphatic rings. The first-order chi connectivity index (χ1) is 15.5. The smallest absolute Gasteiger partial charge is 0.323 e. The molecule has 3 amide bonds. The van der Waals surface area contributed by atoms with Crippen LogP contribution in [0.25, 0.3) is 6.08 Å². The number of aromatic nitrogens is 1. The number of halogens is 2. The van der Waals surface area contributed by atoms with Gasteiger partial charge < -0.3 is 15.2 Å². The summed E-state index contributed by atoms with van der Waals surface area (Å²) in [6.07, 6.45) is 4.05. The molecule has 1 aromatic rings. The Morgan fingerprint density at radius 1 is 1.15 bits per heavy atom. The second-order valence-electron chi connectivity index (χ2n) is 7.62. The molecule has 9 heteroatoms. The molecule has 0 spiro atoms. The van der Waals surface area contributed by atoms with Crippen LogP contribution in [0.5, 0.6) is 0 Å². The number of H-pyrrole nitrogens is 1. The molecule has 1 aliphatic heterocycles. The van der Waals surface area contributed by atoms with Crippen LogP contribution in [0, 0.1) is 13.8 Å². The molecule has 2 N–H and O–H groups in total. The van der Waals surface area contributed by atoms with Gasteiger partial charge in [-0.2, -0.15) is 0 Å². The maximum atomic E-state index is 13.9. The maximum Gasteiger partial charge on any atom is 0.323 e. The SMILES string of the molecule is C=C1NC(=O)C(=Cc2[nH]c(C)c(C(=O)N(CCN(CC)CC)C(=O)Cl)c2C)C1=CC(F)=CC. The minimum absolute atomic E-state index is 0.154. The van der Waals surface area contributed by atoms with Crippen LogP contribution in [0.1, 0.15) is 48.1 Å². The van der Waals surface area contributed by atoms with Crippen LogP contribution in [0.3, 0.4) is 0 Å². The Labute approximate surface area is 198 Å². The van der Waals surface area contributed by atoms with E-state index in [0.29, 0.717) is 34.6 Å². The normalized spacial score (nSPS) is 16.8. The number of hydrogen-bond donors (Lipinski definition) is 2. The molecule has 0 unspecified atom stereocenters. The van der Waals surface area contributed by atoms with E-state index in [9.17, 15) is 18.8 Å². The van der Waals surface area contributed by atoms with Gasteiger partial charge in [0.05, 0.1) is 11.1 Å². The number of aryl methyl sites for hydroxylation is 1. The van der Waals surface area contributed by atoms with Crippen molar-refractivity contribution >= 4 is 34.9 Å². The third kappa shape index (κ3) is 5.89. The second kappa shape index (κ2) is 11.2. The van der Waals surface area contributed by atoms with Gasteiger partial charge in [0.2, 0.25) is 0 Å². The molecule has 0 bridgehead atoms. The van der Waals surface area contributed by atoms with Gasteiger partial charge in [0.25, 0.3) is 11.8 Å². The molecule has 2 heterocycles. The van der Waals surface area contributed by atoms with E-state index in [-0.39, 0.29) is 17.8 Å². The summed E-state index contributed by atoms with van der Waals surface area (Å²) in [5, 5.41) is 1.73. The van der Waals surface area contributed by atoms with Crippen LogP contribution < -0.4 is 5.32 Å². The van der Waals surface area contributed by atoms with Gasteiger partial charge in [-0.15, -0.1) is 0 Å². The average molecular weight is 477 g/mol.